The first-order valence-electron chi connectivity index (χ1n) is 7.00. The van der Waals surface area contributed by atoms with Gasteiger partial charge in [0.05, 0.1) is 5.92 Å². The molecule has 1 atom stereocenters. The van der Waals surface area contributed by atoms with E-state index in [2.05, 4.69) is 5.32 Å². The highest BCUT2D eigenvalue weighted by molar-refractivity contribution is 6.35. The lowest BCUT2D eigenvalue weighted by Gasteiger charge is -2.26. The van der Waals surface area contributed by atoms with Crippen molar-refractivity contribution in [2.75, 3.05) is 18.0 Å². The molecule has 1 aromatic rings. The quantitative estimate of drug-likeness (QED) is 0.879. The molecule has 1 saturated heterocycles. The van der Waals surface area contributed by atoms with Crippen molar-refractivity contribution in [1.29, 1.82) is 0 Å². The Hall–Kier alpha value is -1.30. The first-order chi connectivity index (χ1) is 10.2. The summed E-state index contributed by atoms with van der Waals surface area (Å²) >= 11 is 11.9. The van der Waals surface area contributed by atoms with Crippen LogP contribution in [-0.2, 0) is 9.59 Å². The minimum Gasteiger partial charge on any atom is -0.350 e. The van der Waals surface area contributed by atoms with Crippen LogP contribution < -0.4 is 16.0 Å². The van der Waals surface area contributed by atoms with Gasteiger partial charge in [-0.1, -0.05) is 23.2 Å². The van der Waals surface area contributed by atoms with Crippen LogP contribution in [0.1, 0.15) is 20.3 Å². The molecule has 5 nitrogen and oxygen atoms in total. The lowest BCUT2D eigenvalue weighted by Crippen LogP contribution is -2.51. The molecule has 1 unspecified atom stereocenters. The number of nitrogens with zero attached hydrogens (tertiary/aromatic N) is 1. The maximum absolute atomic E-state index is 12.3. The summed E-state index contributed by atoms with van der Waals surface area (Å²) < 4.78 is 0. The number of amides is 2. The summed E-state index contributed by atoms with van der Waals surface area (Å²) in [7, 11) is 0. The number of carbonyl (C=O) groups excluding carboxylic acids is 2. The van der Waals surface area contributed by atoms with Crippen LogP contribution in [0.4, 0.5) is 5.69 Å². The van der Waals surface area contributed by atoms with Crippen molar-refractivity contribution in [1.82, 2.24) is 5.32 Å². The van der Waals surface area contributed by atoms with Gasteiger partial charge in [0.1, 0.15) is 0 Å². The Labute approximate surface area is 139 Å². The molecule has 22 heavy (non-hydrogen) atoms. The van der Waals surface area contributed by atoms with Gasteiger partial charge in [-0.05, 0) is 32.0 Å². The van der Waals surface area contributed by atoms with E-state index in [1.165, 1.54) is 4.90 Å². The van der Waals surface area contributed by atoms with E-state index in [0.717, 1.165) is 0 Å². The normalized spacial score (nSPS) is 18.7. The molecule has 2 rings (SSSR count). The van der Waals surface area contributed by atoms with Crippen LogP contribution in [0.5, 0.6) is 0 Å². The molecule has 7 heteroatoms. The highest BCUT2D eigenvalue weighted by atomic mass is 35.5. The first-order valence-corrected chi connectivity index (χ1v) is 7.76. The van der Waals surface area contributed by atoms with Gasteiger partial charge in [-0.25, -0.2) is 0 Å². The van der Waals surface area contributed by atoms with Crippen LogP contribution in [0, 0.1) is 5.92 Å². The maximum Gasteiger partial charge on any atom is 0.227 e. The van der Waals surface area contributed by atoms with Crippen LogP contribution in [-0.4, -0.2) is 30.4 Å². The third-order valence-corrected chi connectivity index (χ3v) is 4.06. The predicted octanol–water partition coefficient (Wildman–Crippen LogP) is 2.20. The molecule has 0 saturated carbocycles. The Bertz CT molecular complexity index is 584. The molecule has 0 spiro atoms. The van der Waals surface area contributed by atoms with Gasteiger partial charge in [-0.3, -0.25) is 9.59 Å². The summed E-state index contributed by atoms with van der Waals surface area (Å²) in [5.74, 6) is -0.695. The monoisotopic (exact) mass is 343 g/mol. The standard InChI is InChI=1S/C15H19Cl2N3O2/c1-15(2,8-18)19-14(22)9-3-13(21)20(7-9)12-5-10(16)4-11(17)6-12/h4-6,9H,3,7-8,18H2,1-2H3,(H,19,22). The number of benzene rings is 1. The minimum absolute atomic E-state index is 0.121. The lowest BCUT2D eigenvalue weighted by atomic mass is 10.0. The van der Waals surface area contributed by atoms with E-state index in [4.69, 9.17) is 28.9 Å². The fourth-order valence-corrected chi connectivity index (χ4v) is 2.83. The van der Waals surface area contributed by atoms with Crippen molar-refractivity contribution in [2.45, 2.75) is 25.8 Å². The number of halogens is 2. The van der Waals surface area contributed by atoms with Gasteiger partial charge in [-0.2, -0.15) is 0 Å². The summed E-state index contributed by atoms with van der Waals surface area (Å²) in [5, 5.41) is 3.77. The lowest BCUT2D eigenvalue weighted by molar-refractivity contribution is -0.127. The Morgan fingerprint density at radius 2 is 1.95 bits per heavy atom. The Morgan fingerprint density at radius 3 is 2.50 bits per heavy atom. The number of rotatable bonds is 4. The van der Waals surface area contributed by atoms with Gasteiger partial charge in [0.15, 0.2) is 0 Å². The van der Waals surface area contributed by atoms with Crippen molar-refractivity contribution >= 4 is 40.7 Å². The molecule has 120 valence electrons. The van der Waals surface area contributed by atoms with E-state index < -0.39 is 11.5 Å². The highest BCUT2D eigenvalue weighted by Gasteiger charge is 2.36. The van der Waals surface area contributed by atoms with E-state index in [1.807, 2.05) is 13.8 Å². The van der Waals surface area contributed by atoms with Gasteiger partial charge in [-0.15, -0.1) is 0 Å². The van der Waals surface area contributed by atoms with Crippen LogP contribution in [0.25, 0.3) is 0 Å². The van der Waals surface area contributed by atoms with Crippen LogP contribution in [0.15, 0.2) is 18.2 Å². The van der Waals surface area contributed by atoms with Gasteiger partial charge in [0.25, 0.3) is 0 Å². The molecular formula is C15H19Cl2N3O2. The average molecular weight is 344 g/mol. The van der Waals surface area contributed by atoms with E-state index in [9.17, 15) is 9.59 Å². The van der Waals surface area contributed by atoms with Crippen LogP contribution >= 0.6 is 23.2 Å². The summed E-state index contributed by atoms with van der Waals surface area (Å²) in [4.78, 5) is 26.0. The minimum atomic E-state index is -0.493. The molecule has 1 aromatic carbocycles. The molecule has 0 aliphatic carbocycles. The first kappa shape index (κ1) is 17.1. The topological polar surface area (TPSA) is 75.4 Å². The van der Waals surface area contributed by atoms with E-state index in [0.29, 0.717) is 28.8 Å². The molecular weight excluding hydrogens is 325 g/mol. The number of hydrogen-bond acceptors (Lipinski definition) is 3. The van der Waals surface area contributed by atoms with Crippen LogP contribution in [0.3, 0.4) is 0 Å². The van der Waals surface area contributed by atoms with E-state index >= 15 is 0 Å². The zero-order valence-electron chi connectivity index (χ0n) is 12.5. The number of nitrogens with two attached hydrogens (primary N) is 1. The SMILES string of the molecule is CC(C)(CN)NC(=O)C1CC(=O)N(c2cc(Cl)cc(Cl)c2)C1. The molecule has 1 aliphatic rings. The number of carbonyl (C=O) groups is 2. The third-order valence-electron chi connectivity index (χ3n) is 3.63. The zero-order valence-corrected chi connectivity index (χ0v) is 14.0. The van der Waals surface area contributed by atoms with Gasteiger partial charge in [0, 0.05) is 40.8 Å². The van der Waals surface area contributed by atoms with Crippen molar-refractivity contribution in [3.8, 4) is 0 Å². The van der Waals surface area contributed by atoms with Gasteiger partial charge in [0.2, 0.25) is 11.8 Å². The molecule has 1 fully saturated rings. The summed E-state index contributed by atoms with van der Waals surface area (Å²) in [5.41, 5.74) is 5.72. The molecule has 0 bridgehead atoms. The molecule has 3 N–H and O–H groups in total. The Kier molecular flexibility index (Phi) is 5.00. The fourth-order valence-electron chi connectivity index (χ4n) is 2.31. The maximum atomic E-state index is 12.3. The van der Waals surface area contributed by atoms with Crippen molar-refractivity contribution in [2.24, 2.45) is 11.7 Å². The Morgan fingerprint density at radius 1 is 1.36 bits per heavy atom. The van der Waals surface area contributed by atoms with Crippen LogP contribution in [0.2, 0.25) is 10.0 Å². The second-order valence-corrected chi connectivity index (χ2v) is 6.98. The van der Waals surface area contributed by atoms with Crippen molar-refractivity contribution < 1.29 is 9.59 Å². The van der Waals surface area contributed by atoms with Crippen molar-refractivity contribution in [3.05, 3.63) is 28.2 Å². The molecule has 1 heterocycles. The summed E-state index contributed by atoms with van der Waals surface area (Å²) in [6.07, 6.45) is 0.163. The molecule has 2 amide bonds. The van der Waals surface area contributed by atoms with E-state index in [-0.39, 0.29) is 18.2 Å². The Balaban J connectivity index is 2.12. The van der Waals surface area contributed by atoms with Gasteiger partial charge >= 0.3 is 0 Å². The number of anilines is 1. The smallest absolute Gasteiger partial charge is 0.227 e. The second-order valence-electron chi connectivity index (χ2n) is 6.11. The predicted molar refractivity (Wildman–Crippen MR) is 88.2 cm³/mol. The number of nitrogens with one attached hydrogen (secondary N) is 1. The number of hydrogen-bond donors (Lipinski definition) is 2. The zero-order chi connectivity index (χ0) is 16.5. The second kappa shape index (κ2) is 6.44. The molecule has 0 aromatic heterocycles. The van der Waals surface area contributed by atoms with Crippen molar-refractivity contribution in [3.63, 3.8) is 0 Å². The fraction of sp³-hybridized carbons (Fsp3) is 0.467. The summed E-state index contributed by atoms with van der Waals surface area (Å²) in [6, 6.07) is 4.92. The average Bonchev–Trinajstić information content (AvgIpc) is 2.79. The highest BCUT2D eigenvalue weighted by Crippen LogP contribution is 2.30. The van der Waals surface area contributed by atoms with E-state index in [1.54, 1.807) is 18.2 Å². The van der Waals surface area contributed by atoms with Gasteiger partial charge < -0.3 is 16.0 Å². The molecule has 1 aliphatic heterocycles. The molecule has 0 radical (unpaired) electrons. The largest absolute Gasteiger partial charge is 0.350 e. The third kappa shape index (κ3) is 3.91. The summed E-state index contributed by atoms with van der Waals surface area (Å²) in [6.45, 7) is 4.32.